The van der Waals surface area contributed by atoms with Crippen LogP contribution in [0.4, 0.5) is 18.9 Å². The minimum absolute atomic E-state index is 0.167. The van der Waals surface area contributed by atoms with Crippen molar-refractivity contribution in [1.82, 2.24) is 24.5 Å². The van der Waals surface area contributed by atoms with E-state index in [2.05, 4.69) is 20.3 Å². The van der Waals surface area contributed by atoms with Gasteiger partial charge in [-0.1, -0.05) is 12.1 Å². The van der Waals surface area contributed by atoms with Crippen LogP contribution < -0.4 is 15.6 Å². The highest BCUT2D eigenvalue weighted by Crippen LogP contribution is 2.45. The molecule has 0 saturated heterocycles. The number of alkyl halides is 3. The molecule has 1 aromatic carbocycles. The Hall–Kier alpha value is -4.65. The summed E-state index contributed by atoms with van der Waals surface area (Å²) in [5.41, 5.74) is 1.59. The van der Waals surface area contributed by atoms with Gasteiger partial charge in [0.15, 0.2) is 5.82 Å². The molecular formula is C29H28F3N7O3. The molecule has 13 heteroatoms. The largest absolute Gasteiger partial charge is 0.475 e. The van der Waals surface area contributed by atoms with E-state index in [0.29, 0.717) is 40.6 Å². The maximum atomic E-state index is 13.0. The van der Waals surface area contributed by atoms with Crippen molar-refractivity contribution in [3.05, 3.63) is 82.3 Å². The average molecular weight is 580 g/mol. The van der Waals surface area contributed by atoms with Crippen LogP contribution in [0.15, 0.2) is 65.5 Å². The molecule has 0 radical (unpaired) electrons. The van der Waals surface area contributed by atoms with Crippen molar-refractivity contribution in [1.29, 1.82) is 5.41 Å². The number of fused-ring (bicyclic) bond motifs is 1. The van der Waals surface area contributed by atoms with Crippen LogP contribution in [0.1, 0.15) is 36.9 Å². The van der Waals surface area contributed by atoms with E-state index < -0.39 is 11.9 Å². The first kappa shape index (κ1) is 28.9. The summed E-state index contributed by atoms with van der Waals surface area (Å²) < 4.78 is 50.5. The highest BCUT2D eigenvalue weighted by molar-refractivity contribution is 5.97. The third kappa shape index (κ3) is 6.62. The summed E-state index contributed by atoms with van der Waals surface area (Å²) in [4.78, 5) is 31.2. The molecule has 0 atom stereocenters. The zero-order chi connectivity index (χ0) is 29.9. The fourth-order valence-electron chi connectivity index (χ4n) is 4.37. The number of anilines is 1. The number of benzene rings is 1. The highest BCUT2D eigenvalue weighted by atomic mass is 19.4. The Labute approximate surface area is 238 Å². The molecule has 1 aliphatic rings. The molecule has 1 aliphatic carbocycles. The minimum Gasteiger partial charge on any atom is -0.475 e. The van der Waals surface area contributed by atoms with Crippen molar-refractivity contribution in [2.45, 2.75) is 38.4 Å². The fraction of sp³-hybridized carbons (Fsp3) is 0.310. The van der Waals surface area contributed by atoms with Gasteiger partial charge in [0, 0.05) is 42.1 Å². The number of allylic oxidation sites excluding steroid dienone is 2. The second-order valence-corrected chi connectivity index (χ2v) is 9.85. The van der Waals surface area contributed by atoms with Gasteiger partial charge in [0.25, 0.3) is 5.56 Å². The number of methoxy groups -OCH3 is 1. The predicted octanol–water partition coefficient (Wildman–Crippen LogP) is 5.10. The molecule has 0 spiro atoms. The third-order valence-corrected chi connectivity index (χ3v) is 6.58. The van der Waals surface area contributed by atoms with Crippen LogP contribution in [0.2, 0.25) is 0 Å². The van der Waals surface area contributed by atoms with E-state index in [1.807, 2.05) is 0 Å². The molecule has 0 unspecified atom stereocenters. The molecule has 42 heavy (non-hydrogen) atoms. The maximum absolute atomic E-state index is 13.0. The summed E-state index contributed by atoms with van der Waals surface area (Å²) >= 11 is 0. The Bertz CT molecular complexity index is 1700. The quantitative estimate of drug-likeness (QED) is 0.186. The number of pyridine rings is 1. The molecular weight excluding hydrogens is 551 g/mol. The van der Waals surface area contributed by atoms with Crippen LogP contribution in [0, 0.1) is 5.41 Å². The standard InChI is InChI=1S/C29H28F3N7O3/c1-17(13-22(33)29(30,31)32)37-21-8-3-18(4-9-21)15-39-23(40)10-7-20-14-34-26(38-27(20)39)24-25(19-5-6-19)35-16-36-28(24)42-12-11-41-2/h3-4,7-10,13-14,16,19,33,37H,5-6,11-12,15H2,1-2H3/b17-13-,33-22?. The smallest absolute Gasteiger partial charge is 0.432 e. The van der Waals surface area contributed by atoms with E-state index in [1.54, 1.807) is 43.6 Å². The van der Waals surface area contributed by atoms with Crippen molar-refractivity contribution >= 4 is 22.4 Å². The van der Waals surface area contributed by atoms with Crippen LogP contribution in [0.5, 0.6) is 5.88 Å². The fourth-order valence-corrected chi connectivity index (χ4v) is 4.37. The molecule has 5 rings (SSSR count). The summed E-state index contributed by atoms with van der Waals surface area (Å²) in [5.74, 6) is 0.962. The Balaban J connectivity index is 1.45. The van der Waals surface area contributed by atoms with Gasteiger partial charge in [0.1, 0.15) is 29.9 Å². The van der Waals surface area contributed by atoms with E-state index in [0.717, 1.165) is 30.2 Å². The normalized spacial score (nSPS) is 13.8. The second-order valence-electron chi connectivity index (χ2n) is 9.85. The van der Waals surface area contributed by atoms with Crippen LogP contribution >= 0.6 is 0 Å². The number of ether oxygens (including phenoxy) is 2. The van der Waals surface area contributed by atoms with Crippen molar-refractivity contribution < 1.29 is 22.6 Å². The van der Waals surface area contributed by atoms with Crippen molar-refractivity contribution in [2.75, 3.05) is 25.6 Å². The van der Waals surface area contributed by atoms with Gasteiger partial charge in [-0.2, -0.15) is 13.2 Å². The molecule has 2 N–H and O–H groups in total. The Morgan fingerprint density at radius 1 is 1.12 bits per heavy atom. The highest BCUT2D eigenvalue weighted by Gasteiger charge is 2.33. The minimum atomic E-state index is -4.71. The first-order valence-corrected chi connectivity index (χ1v) is 13.2. The topological polar surface area (TPSA) is 128 Å². The Morgan fingerprint density at radius 3 is 2.57 bits per heavy atom. The molecule has 0 aliphatic heterocycles. The van der Waals surface area contributed by atoms with E-state index in [9.17, 15) is 18.0 Å². The molecule has 218 valence electrons. The number of halogens is 3. The predicted molar refractivity (Wildman–Crippen MR) is 151 cm³/mol. The monoisotopic (exact) mass is 579 g/mol. The number of nitrogens with zero attached hydrogens (tertiary/aromatic N) is 5. The van der Waals surface area contributed by atoms with Crippen molar-refractivity contribution in [3.8, 4) is 17.3 Å². The SMILES string of the molecule is COCCOc1ncnc(C2CC2)c1-c1ncc2ccc(=O)n(Cc3ccc(N/C(C)=C\C(=N)C(F)(F)F)cc3)c2n1. The van der Waals surface area contributed by atoms with Crippen LogP contribution in [0.3, 0.4) is 0 Å². The molecule has 0 amide bonds. The van der Waals surface area contributed by atoms with E-state index in [4.69, 9.17) is 19.9 Å². The molecule has 3 aromatic heterocycles. The van der Waals surface area contributed by atoms with Gasteiger partial charge in [0.05, 0.1) is 18.8 Å². The molecule has 4 aromatic rings. The average Bonchev–Trinajstić information content (AvgIpc) is 3.80. The maximum Gasteiger partial charge on any atom is 0.432 e. The van der Waals surface area contributed by atoms with Crippen LogP contribution in [-0.2, 0) is 11.3 Å². The molecule has 1 saturated carbocycles. The number of rotatable bonds is 11. The third-order valence-electron chi connectivity index (χ3n) is 6.58. The molecule has 1 fully saturated rings. The first-order chi connectivity index (χ1) is 20.1. The van der Waals surface area contributed by atoms with E-state index >= 15 is 0 Å². The van der Waals surface area contributed by atoms with Gasteiger partial charge < -0.3 is 14.8 Å². The van der Waals surface area contributed by atoms with Gasteiger partial charge in [-0.15, -0.1) is 0 Å². The Kier molecular flexibility index (Phi) is 8.29. The Morgan fingerprint density at radius 2 is 1.88 bits per heavy atom. The lowest BCUT2D eigenvalue weighted by atomic mass is 10.1. The lowest BCUT2D eigenvalue weighted by Gasteiger charge is -2.14. The zero-order valence-electron chi connectivity index (χ0n) is 22.9. The summed E-state index contributed by atoms with van der Waals surface area (Å²) in [6.07, 6.45) is 1.11. The molecule has 0 bridgehead atoms. The van der Waals surface area contributed by atoms with Gasteiger partial charge >= 0.3 is 6.18 Å². The van der Waals surface area contributed by atoms with Gasteiger partial charge in [-0.25, -0.2) is 19.9 Å². The molecule has 3 heterocycles. The summed E-state index contributed by atoms with van der Waals surface area (Å²) in [6.45, 7) is 2.30. The van der Waals surface area contributed by atoms with Gasteiger partial charge in [0.2, 0.25) is 5.88 Å². The van der Waals surface area contributed by atoms with Crippen LogP contribution in [0.25, 0.3) is 22.4 Å². The summed E-state index contributed by atoms with van der Waals surface area (Å²) in [5, 5.41) is 10.6. The molecule has 10 nitrogen and oxygen atoms in total. The summed E-state index contributed by atoms with van der Waals surface area (Å²) in [7, 11) is 1.58. The van der Waals surface area contributed by atoms with E-state index in [-0.39, 0.29) is 30.3 Å². The number of hydrogen-bond acceptors (Lipinski definition) is 9. The van der Waals surface area contributed by atoms with Crippen molar-refractivity contribution in [3.63, 3.8) is 0 Å². The number of aromatic nitrogens is 5. The van der Waals surface area contributed by atoms with Gasteiger partial charge in [-0.05, 0) is 49.6 Å². The van der Waals surface area contributed by atoms with Crippen molar-refractivity contribution in [2.24, 2.45) is 0 Å². The zero-order valence-corrected chi connectivity index (χ0v) is 22.9. The van der Waals surface area contributed by atoms with E-state index in [1.165, 1.54) is 23.9 Å². The number of nitrogens with one attached hydrogen (secondary N) is 2. The van der Waals surface area contributed by atoms with Crippen LogP contribution in [-0.4, -0.2) is 56.7 Å². The lowest BCUT2D eigenvalue weighted by molar-refractivity contribution is -0.0584. The first-order valence-electron chi connectivity index (χ1n) is 13.2. The summed E-state index contributed by atoms with van der Waals surface area (Å²) in [6, 6.07) is 10.0. The van der Waals surface area contributed by atoms with Gasteiger partial charge in [-0.3, -0.25) is 14.8 Å². The second kappa shape index (κ2) is 12.1. The lowest BCUT2D eigenvalue weighted by Crippen LogP contribution is -2.21. The number of hydrogen-bond donors (Lipinski definition) is 2.